The van der Waals surface area contributed by atoms with Gasteiger partial charge in [-0.25, -0.2) is 4.39 Å². The minimum absolute atomic E-state index is 0.299. The summed E-state index contributed by atoms with van der Waals surface area (Å²) in [6.07, 6.45) is -0.216. The summed E-state index contributed by atoms with van der Waals surface area (Å²) in [7, 11) is 0. The van der Waals surface area contributed by atoms with Crippen molar-refractivity contribution in [1.82, 2.24) is 0 Å². The highest BCUT2D eigenvalue weighted by Crippen LogP contribution is 2.25. The van der Waals surface area contributed by atoms with Crippen LogP contribution in [0.15, 0.2) is 46.9 Å². The van der Waals surface area contributed by atoms with Crippen molar-refractivity contribution >= 4 is 27.5 Å². The van der Waals surface area contributed by atoms with Crippen LogP contribution >= 0.6 is 27.5 Å². The molecule has 94 valence electrons. The lowest BCUT2D eigenvalue weighted by atomic mass is 10.0. The van der Waals surface area contributed by atoms with E-state index in [1.165, 1.54) is 12.1 Å². The molecule has 18 heavy (non-hydrogen) atoms. The van der Waals surface area contributed by atoms with Crippen LogP contribution in [0.4, 0.5) is 4.39 Å². The lowest BCUT2D eigenvalue weighted by Gasteiger charge is -2.12. The number of rotatable bonds is 3. The molecule has 4 heteroatoms. The molecule has 0 fully saturated rings. The number of hydrogen-bond donors (Lipinski definition) is 1. The molecule has 0 saturated heterocycles. The van der Waals surface area contributed by atoms with Gasteiger partial charge in [0.05, 0.1) is 6.10 Å². The first-order valence-corrected chi connectivity index (χ1v) is 6.61. The third-order valence-electron chi connectivity index (χ3n) is 2.68. The van der Waals surface area contributed by atoms with Crippen LogP contribution in [0.25, 0.3) is 0 Å². The molecule has 1 nitrogen and oxygen atoms in total. The van der Waals surface area contributed by atoms with E-state index in [1.54, 1.807) is 30.3 Å². The second kappa shape index (κ2) is 5.83. The molecule has 0 aromatic heterocycles. The SMILES string of the molecule is OC(Cc1ccc(F)cc1Br)c1ccc(Cl)cc1. The van der Waals surface area contributed by atoms with Crippen molar-refractivity contribution in [2.24, 2.45) is 0 Å². The van der Waals surface area contributed by atoms with Crippen LogP contribution in [-0.4, -0.2) is 5.11 Å². The molecule has 0 heterocycles. The largest absolute Gasteiger partial charge is 0.388 e. The lowest BCUT2D eigenvalue weighted by Crippen LogP contribution is -2.02. The molecule has 0 aliphatic rings. The lowest BCUT2D eigenvalue weighted by molar-refractivity contribution is 0.178. The van der Waals surface area contributed by atoms with E-state index >= 15 is 0 Å². The first kappa shape index (κ1) is 13.5. The van der Waals surface area contributed by atoms with Crippen LogP contribution in [0.5, 0.6) is 0 Å². The minimum Gasteiger partial charge on any atom is -0.388 e. The Morgan fingerprint density at radius 2 is 1.83 bits per heavy atom. The highest BCUT2D eigenvalue weighted by atomic mass is 79.9. The van der Waals surface area contributed by atoms with Gasteiger partial charge in [0.25, 0.3) is 0 Å². The molecule has 2 aromatic carbocycles. The summed E-state index contributed by atoms with van der Waals surface area (Å²) >= 11 is 9.08. The van der Waals surface area contributed by atoms with E-state index in [-0.39, 0.29) is 5.82 Å². The molecule has 0 bridgehead atoms. The fraction of sp³-hybridized carbons (Fsp3) is 0.143. The predicted octanol–water partition coefficient (Wildman–Crippen LogP) is 4.52. The zero-order valence-electron chi connectivity index (χ0n) is 9.41. The number of halogens is 3. The number of hydrogen-bond acceptors (Lipinski definition) is 1. The monoisotopic (exact) mass is 328 g/mol. The van der Waals surface area contributed by atoms with Gasteiger partial charge in [-0.05, 0) is 35.4 Å². The van der Waals surface area contributed by atoms with Crippen LogP contribution in [-0.2, 0) is 6.42 Å². The average Bonchev–Trinajstić information content (AvgIpc) is 2.33. The van der Waals surface area contributed by atoms with Gasteiger partial charge in [-0.3, -0.25) is 0 Å². The normalized spacial score (nSPS) is 12.4. The Balaban J connectivity index is 2.15. The Morgan fingerprint density at radius 1 is 1.17 bits per heavy atom. The van der Waals surface area contributed by atoms with E-state index in [0.717, 1.165) is 11.1 Å². The van der Waals surface area contributed by atoms with Gasteiger partial charge in [-0.2, -0.15) is 0 Å². The van der Waals surface area contributed by atoms with Gasteiger partial charge < -0.3 is 5.11 Å². The van der Waals surface area contributed by atoms with Crippen LogP contribution in [0.2, 0.25) is 5.02 Å². The predicted molar refractivity (Wildman–Crippen MR) is 74.2 cm³/mol. The highest BCUT2D eigenvalue weighted by molar-refractivity contribution is 9.10. The van der Waals surface area contributed by atoms with Gasteiger partial charge in [0, 0.05) is 15.9 Å². The van der Waals surface area contributed by atoms with E-state index in [4.69, 9.17) is 11.6 Å². The van der Waals surface area contributed by atoms with Gasteiger partial charge >= 0.3 is 0 Å². The van der Waals surface area contributed by atoms with Crippen molar-refractivity contribution in [3.8, 4) is 0 Å². The average molecular weight is 330 g/mol. The molecule has 0 aliphatic carbocycles. The molecular formula is C14H11BrClFO. The van der Waals surface area contributed by atoms with Crippen molar-refractivity contribution in [1.29, 1.82) is 0 Å². The van der Waals surface area contributed by atoms with Crippen LogP contribution in [0.1, 0.15) is 17.2 Å². The molecule has 0 aliphatic heterocycles. The summed E-state index contributed by atoms with van der Waals surface area (Å²) in [6, 6.07) is 11.5. The number of benzene rings is 2. The van der Waals surface area contributed by atoms with E-state index in [1.807, 2.05) is 0 Å². The minimum atomic E-state index is -0.635. The third kappa shape index (κ3) is 3.31. The summed E-state index contributed by atoms with van der Waals surface area (Å²) in [6.45, 7) is 0. The number of aliphatic hydroxyl groups excluding tert-OH is 1. The molecule has 1 unspecified atom stereocenters. The quantitative estimate of drug-likeness (QED) is 0.878. The van der Waals surface area contributed by atoms with Gasteiger partial charge in [-0.1, -0.05) is 45.7 Å². The van der Waals surface area contributed by atoms with Crippen LogP contribution < -0.4 is 0 Å². The molecule has 2 aromatic rings. The molecule has 1 N–H and O–H groups in total. The Hall–Kier alpha value is -0.900. The van der Waals surface area contributed by atoms with Crippen molar-refractivity contribution in [2.75, 3.05) is 0 Å². The zero-order chi connectivity index (χ0) is 13.1. The first-order chi connectivity index (χ1) is 8.56. The summed E-state index contributed by atoms with van der Waals surface area (Å²) < 4.78 is 13.6. The molecule has 0 saturated carbocycles. The Labute approximate surface area is 118 Å². The van der Waals surface area contributed by atoms with E-state index in [9.17, 15) is 9.50 Å². The maximum Gasteiger partial charge on any atom is 0.124 e. The van der Waals surface area contributed by atoms with Gasteiger partial charge in [0.1, 0.15) is 5.82 Å². The summed E-state index contributed by atoms with van der Waals surface area (Å²) in [4.78, 5) is 0. The fourth-order valence-corrected chi connectivity index (χ4v) is 2.34. The fourth-order valence-electron chi connectivity index (χ4n) is 1.70. The number of aliphatic hydroxyl groups is 1. The Morgan fingerprint density at radius 3 is 2.44 bits per heavy atom. The Bertz CT molecular complexity index is 542. The summed E-state index contributed by atoms with van der Waals surface area (Å²) in [5.74, 6) is -0.299. The smallest absolute Gasteiger partial charge is 0.124 e. The zero-order valence-corrected chi connectivity index (χ0v) is 11.7. The third-order valence-corrected chi connectivity index (χ3v) is 3.67. The summed E-state index contributed by atoms with van der Waals surface area (Å²) in [5.41, 5.74) is 1.65. The van der Waals surface area contributed by atoms with E-state index in [0.29, 0.717) is 15.9 Å². The van der Waals surface area contributed by atoms with E-state index in [2.05, 4.69) is 15.9 Å². The molecule has 0 spiro atoms. The highest BCUT2D eigenvalue weighted by Gasteiger charge is 2.11. The van der Waals surface area contributed by atoms with Crippen LogP contribution in [0.3, 0.4) is 0 Å². The maximum atomic E-state index is 12.9. The van der Waals surface area contributed by atoms with Crippen LogP contribution in [0, 0.1) is 5.82 Å². The van der Waals surface area contributed by atoms with Gasteiger partial charge in [0.15, 0.2) is 0 Å². The van der Waals surface area contributed by atoms with Crippen molar-refractivity contribution in [3.05, 3.63) is 68.9 Å². The molecule has 1 atom stereocenters. The standard InChI is InChI=1S/C14H11BrClFO/c15-13-8-12(17)6-3-10(13)7-14(18)9-1-4-11(16)5-2-9/h1-6,8,14,18H,7H2. The van der Waals surface area contributed by atoms with Gasteiger partial charge in [-0.15, -0.1) is 0 Å². The summed E-state index contributed by atoms with van der Waals surface area (Å²) in [5, 5.41) is 10.7. The molecule has 0 radical (unpaired) electrons. The van der Waals surface area contributed by atoms with E-state index < -0.39 is 6.10 Å². The first-order valence-electron chi connectivity index (χ1n) is 5.44. The van der Waals surface area contributed by atoms with Gasteiger partial charge in [0.2, 0.25) is 0 Å². The second-order valence-electron chi connectivity index (χ2n) is 4.01. The molecular weight excluding hydrogens is 319 g/mol. The van der Waals surface area contributed by atoms with Crippen molar-refractivity contribution < 1.29 is 9.50 Å². The van der Waals surface area contributed by atoms with Crippen molar-refractivity contribution in [2.45, 2.75) is 12.5 Å². The Kier molecular flexibility index (Phi) is 4.38. The van der Waals surface area contributed by atoms with Crippen molar-refractivity contribution in [3.63, 3.8) is 0 Å². The topological polar surface area (TPSA) is 20.2 Å². The molecule has 0 amide bonds. The molecule has 2 rings (SSSR count). The maximum absolute atomic E-state index is 12.9. The second-order valence-corrected chi connectivity index (χ2v) is 5.30.